The molecule has 0 unspecified atom stereocenters. The Bertz CT molecular complexity index is 684. The molecule has 2 heterocycles. The van der Waals surface area contributed by atoms with Crippen LogP contribution < -0.4 is 10.6 Å². The number of benzene rings is 1. The molecule has 6 heteroatoms. The van der Waals surface area contributed by atoms with Crippen LogP contribution in [0.3, 0.4) is 0 Å². The smallest absolute Gasteiger partial charge is 0.257 e. The van der Waals surface area contributed by atoms with E-state index in [1.165, 1.54) is 5.69 Å². The Morgan fingerprint density at radius 2 is 1.83 bits per heavy atom. The molecular formula is C18H25N5O. The zero-order valence-corrected chi connectivity index (χ0v) is 14.2. The van der Waals surface area contributed by atoms with Crippen molar-refractivity contribution < 1.29 is 4.52 Å². The van der Waals surface area contributed by atoms with Crippen LogP contribution in [0, 0.1) is 0 Å². The topological polar surface area (TPSA) is 71.4 Å². The normalized spacial score (nSPS) is 20.8. The lowest BCUT2D eigenvalue weighted by Gasteiger charge is -2.35. The van der Waals surface area contributed by atoms with Gasteiger partial charge in [-0.15, -0.1) is 0 Å². The van der Waals surface area contributed by atoms with E-state index in [4.69, 9.17) is 10.3 Å². The zero-order valence-electron chi connectivity index (χ0n) is 14.2. The van der Waals surface area contributed by atoms with Crippen LogP contribution in [-0.4, -0.2) is 47.8 Å². The molecule has 128 valence electrons. The van der Waals surface area contributed by atoms with Gasteiger partial charge in [-0.05, 0) is 50.1 Å². The second kappa shape index (κ2) is 6.18. The van der Waals surface area contributed by atoms with Gasteiger partial charge in [-0.25, -0.2) is 0 Å². The van der Waals surface area contributed by atoms with Gasteiger partial charge in [0, 0.05) is 37.4 Å². The first-order chi connectivity index (χ1) is 11.7. The lowest BCUT2D eigenvalue weighted by atomic mass is 9.77. The fraction of sp³-hybridized carbons (Fsp3) is 0.556. The molecule has 0 bridgehead atoms. The Labute approximate surface area is 142 Å². The van der Waals surface area contributed by atoms with Gasteiger partial charge in [0.2, 0.25) is 0 Å². The summed E-state index contributed by atoms with van der Waals surface area (Å²) in [5.41, 5.74) is 8.09. The zero-order chi connectivity index (χ0) is 16.6. The van der Waals surface area contributed by atoms with Crippen LogP contribution in [0.25, 0.3) is 11.5 Å². The lowest BCUT2D eigenvalue weighted by molar-refractivity contribution is 0.229. The standard InChI is InChI=1S/C18H25N5O/c1-2-22-10-12-23(13-11-22)15-6-4-14(5-7-15)16-20-17(21-24-16)18(19)8-3-9-18/h4-7H,2-3,8-13,19H2,1H3. The third kappa shape index (κ3) is 2.80. The van der Waals surface area contributed by atoms with Crippen LogP contribution in [0.2, 0.25) is 0 Å². The molecule has 0 radical (unpaired) electrons. The van der Waals surface area contributed by atoms with E-state index in [0.717, 1.165) is 57.5 Å². The number of piperazine rings is 1. The van der Waals surface area contributed by atoms with Crippen LogP contribution in [0.5, 0.6) is 0 Å². The third-order valence-electron chi connectivity index (χ3n) is 5.42. The summed E-state index contributed by atoms with van der Waals surface area (Å²) in [4.78, 5) is 9.42. The van der Waals surface area contributed by atoms with Crippen LogP contribution in [-0.2, 0) is 5.54 Å². The van der Waals surface area contributed by atoms with Gasteiger partial charge in [0.05, 0.1) is 5.54 Å². The predicted molar refractivity (Wildman–Crippen MR) is 93.8 cm³/mol. The first kappa shape index (κ1) is 15.6. The average Bonchev–Trinajstić information content (AvgIpc) is 3.10. The highest BCUT2D eigenvalue weighted by molar-refractivity contribution is 5.59. The molecule has 1 aromatic carbocycles. The summed E-state index contributed by atoms with van der Waals surface area (Å²) >= 11 is 0. The number of rotatable bonds is 4. The van der Waals surface area contributed by atoms with E-state index in [1.807, 2.05) is 0 Å². The maximum Gasteiger partial charge on any atom is 0.257 e. The van der Waals surface area contributed by atoms with Gasteiger partial charge >= 0.3 is 0 Å². The Morgan fingerprint density at radius 1 is 1.12 bits per heavy atom. The van der Waals surface area contributed by atoms with E-state index in [2.05, 4.69) is 51.1 Å². The second-order valence-electron chi connectivity index (χ2n) is 6.90. The SMILES string of the molecule is CCN1CCN(c2ccc(-c3nc(C4(N)CCC4)no3)cc2)CC1. The van der Waals surface area contributed by atoms with Crippen LogP contribution >= 0.6 is 0 Å². The Balaban J connectivity index is 1.46. The molecule has 1 aromatic heterocycles. The predicted octanol–water partition coefficient (Wildman–Crippen LogP) is 2.22. The van der Waals surface area contributed by atoms with Crippen LogP contribution in [0.4, 0.5) is 5.69 Å². The fourth-order valence-electron chi connectivity index (χ4n) is 3.46. The molecule has 2 aromatic rings. The largest absolute Gasteiger partial charge is 0.369 e. The molecule has 1 saturated carbocycles. The summed E-state index contributed by atoms with van der Waals surface area (Å²) in [7, 11) is 0. The van der Waals surface area contributed by atoms with Crippen molar-refractivity contribution in [3.8, 4) is 11.5 Å². The van der Waals surface area contributed by atoms with Gasteiger partial charge in [-0.1, -0.05) is 12.1 Å². The number of anilines is 1. The van der Waals surface area contributed by atoms with Crippen LogP contribution in [0.1, 0.15) is 32.0 Å². The molecule has 0 spiro atoms. The maximum atomic E-state index is 6.26. The molecule has 0 amide bonds. The molecule has 1 aliphatic heterocycles. The minimum Gasteiger partial charge on any atom is -0.369 e. The van der Waals surface area contributed by atoms with Gasteiger partial charge in [0.1, 0.15) is 0 Å². The lowest BCUT2D eigenvalue weighted by Crippen LogP contribution is -2.46. The van der Waals surface area contributed by atoms with E-state index >= 15 is 0 Å². The molecule has 6 nitrogen and oxygen atoms in total. The van der Waals surface area contributed by atoms with E-state index in [1.54, 1.807) is 0 Å². The monoisotopic (exact) mass is 327 g/mol. The molecule has 2 fully saturated rings. The van der Waals surface area contributed by atoms with Gasteiger partial charge in [0.25, 0.3) is 5.89 Å². The van der Waals surface area contributed by atoms with Crippen molar-refractivity contribution in [3.63, 3.8) is 0 Å². The van der Waals surface area contributed by atoms with Crippen molar-refractivity contribution >= 4 is 5.69 Å². The van der Waals surface area contributed by atoms with E-state index in [-0.39, 0.29) is 5.54 Å². The number of aromatic nitrogens is 2. The number of likely N-dealkylation sites (N-methyl/N-ethyl adjacent to an activating group) is 1. The average molecular weight is 327 g/mol. The molecule has 24 heavy (non-hydrogen) atoms. The van der Waals surface area contributed by atoms with Crippen molar-refractivity contribution in [1.29, 1.82) is 0 Å². The first-order valence-corrected chi connectivity index (χ1v) is 8.89. The highest BCUT2D eigenvalue weighted by atomic mass is 16.5. The van der Waals surface area contributed by atoms with E-state index in [0.29, 0.717) is 11.7 Å². The van der Waals surface area contributed by atoms with Gasteiger partial charge in [-0.2, -0.15) is 4.98 Å². The maximum absolute atomic E-state index is 6.26. The van der Waals surface area contributed by atoms with Crippen molar-refractivity contribution in [1.82, 2.24) is 15.0 Å². The second-order valence-corrected chi connectivity index (χ2v) is 6.90. The Kier molecular flexibility index (Phi) is 4.02. The summed E-state index contributed by atoms with van der Waals surface area (Å²) in [6.45, 7) is 7.77. The minimum absolute atomic E-state index is 0.374. The third-order valence-corrected chi connectivity index (χ3v) is 5.42. The van der Waals surface area contributed by atoms with Gasteiger partial charge in [0.15, 0.2) is 5.82 Å². The number of nitrogens with two attached hydrogens (primary N) is 1. The van der Waals surface area contributed by atoms with Gasteiger partial charge in [-0.3, -0.25) is 0 Å². The number of hydrogen-bond acceptors (Lipinski definition) is 6. The van der Waals surface area contributed by atoms with E-state index in [9.17, 15) is 0 Å². The molecule has 1 saturated heterocycles. The van der Waals surface area contributed by atoms with Gasteiger partial charge < -0.3 is 20.1 Å². The number of nitrogens with zero attached hydrogens (tertiary/aromatic N) is 4. The summed E-state index contributed by atoms with van der Waals surface area (Å²) in [6.07, 6.45) is 3.02. The number of hydrogen-bond donors (Lipinski definition) is 1. The molecule has 1 aliphatic carbocycles. The summed E-state index contributed by atoms with van der Waals surface area (Å²) in [6, 6.07) is 8.40. The quantitative estimate of drug-likeness (QED) is 0.928. The fourth-order valence-corrected chi connectivity index (χ4v) is 3.46. The summed E-state index contributed by atoms with van der Waals surface area (Å²) in [5.74, 6) is 1.20. The molecule has 4 rings (SSSR count). The van der Waals surface area contributed by atoms with E-state index < -0.39 is 0 Å². The molecule has 2 aliphatic rings. The highest BCUT2D eigenvalue weighted by Gasteiger charge is 2.39. The van der Waals surface area contributed by atoms with Crippen molar-refractivity contribution in [2.75, 3.05) is 37.6 Å². The highest BCUT2D eigenvalue weighted by Crippen LogP contribution is 2.37. The van der Waals surface area contributed by atoms with Crippen molar-refractivity contribution in [2.45, 2.75) is 31.7 Å². The van der Waals surface area contributed by atoms with Crippen LogP contribution in [0.15, 0.2) is 28.8 Å². The molecule has 0 atom stereocenters. The summed E-state index contributed by atoms with van der Waals surface area (Å²) in [5, 5.41) is 4.09. The first-order valence-electron chi connectivity index (χ1n) is 8.89. The molecular weight excluding hydrogens is 302 g/mol. The van der Waals surface area contributed by atoms with Crippen molar-refractivity contribution in [2.24, 2.45) is 5.73 Å². The molecule has 2 N–H and O–H groups in total. The minimum atomic E-state index is -0.374. The Morgan fingerprint density at radius 3 is 2.42 bits per heavy atom. The Hall–Kier alpha value is -1.92. The van der Waals surface area contributed by atoms with Crippen molar-refractivity contribution in [3.05, 3.63) is 30.1 Å². The summed E-state index contributed by atoms with van der Waals surface area (Å²) < 4.78 is 5.43.